The van der Waals surface area contributed by atoms with E-state index in [-0.39, 0.29) is 12.7 Å². The second-order valence-electron chi connectivity index (χ2n) is 5.49. The van der Waals surface area contributed by atoms with E-state index in [1.165, 1.54) is 5.57 Å². The van der Waals surface area contributed by atoms with E-state index < -0.39 is 15.6 Å². The van der Waals surface area contributed by atoms with Gasteiger partial charge in [0.2, 0.25) is 0 Å². The largest absolute Gasteiger partial charge is 0.484 e. The minimum absolute atomic E-state index is 0.0926. The number of allylic oxidation sites excluding steroid dienone is 3. The van der Waals surface area contributed by atoms with Crippen LogP contribution in [-0.2, 0) is 22.5 Å². The van der Waals surface area contributed by atoms with E-state index in [0.29, 0.717) is 12.8 Å². The second kappa shape index (κ2) is 8.55. The molecule has 0 radical (unpaired) electrons. The SMILES string of the molecule is CC(C)=CCCC(C)=CCOP(=O)(OC1CC1)OP(=O)(O)O. The van der Waals surface area contributed by atoms with Gasteiger partial charge in [-0.1, -0.05) is 23.3 Å². The van der Waals surface area contributed by atoms with E-state index in [9.17, 15) is 9.13 Å². The zero-order valence-electron chi connectivity index (χ0n) is 13.1. The number of rotatable bonds is 10. The molecule has 0 aromatic rings. The van der Waals surface area contributed by atoms with Crippen LogP contribution in [-0.4, -0.2) is 22.5 Å². The zero-order chi connectivity index (χ0) is 16.8. The molecular weight excluding hydrogens is 330 g/mol. The highest BCUT2D eigenvalue weighted by Crippen LogP contribution is 2.63. The normalized spacial score (nSPS) is 18.9. The van der Waals surface area contributed by atoms with E-state index >= 15 is 0 Å². The van der Waals surface area contributed by atoms with E-state index in [0.717, 1.165) is 18.4 Å². The molecule has 0 saturated heterocycles. The van der Waals surface area contributed by atoms with E-state index in [4.69, 9.17) is 18.8 Å². The summed E-state index contributed by atoms with van der Waals surface area (Å²) in [6.07, 6.45) is 6.55. The Bertz CT molecular complexity index is 512. The first kappa shape index (κ1) is 19.8. The third-order valence-corrected chi connectivity index (χ3v) is 5.44. The summed E-state index contributed by atoms with van der Waals surface area (Å²) in [6.45, 7) is 5.85. The summed E-state index contributed by atoms with van der Waals surface area (Å²) in [5, 5.41) is 0. The lowest BCUT2D eigenvalue weighted by Crippen LogP contribution is -2.01. The molecule has 1 fully saturated rings. The summed E-state index contributed by atoms with van der Waals surface area (Å²) in [7, 11) is -9.20. The molecule has 0 aromatic heterocycles. The highest BCUT2D eigenvalue weighted by Gasteiger charge is 2.41. The van der Waals surface area contributed by atoms with Gasteiger partial charge in [-0.2, -0.15) is 4.31 Å². The molecule has 1 aliphatic rings. The lowest BCUT2D eigenvalue weighted by atomic mass is 10.1. The van der Waals surface area contributed by atoms with Crippen LogP contribution in [0.5, 0.6) is 0 Å². The first-order valence-electron chi connectivity index (χ1n) is 7.08. The van der Waals surface area contributed by atoms with Gasteiger partial charge in [-0.3, -0.25) is 9.05 Å². The lowest BCUT2D eigenvalue weighted by molar-refractivity contribution is 0.143. The first-order chi connectivity index (χ1) is 10.1. The monoisotopic (exact) mass is 354 g/mol. The predicted molar refractivity (Wildman–Crippen MR) is 83.2 cm³/mol. The third-order valence-electron chi connectivity index (χ3n) is 2.76. The van der Waals surface area contributed by atoms with Crippen molar-refractivity contribution >= 4 is 15.6 Å². The van der Waals surface area contributed by atoms with Crippen molar-refractivity contribution in [1.82, 2.24) is 0 Å². The lowest BCUT2D eigenvalue weighted by Gasteiger charge is -2.17. The van der Waals surface area contributed by atoms with Gasteiger partial charge in [0.25, 0.3) is 0 Å². The standard InChI is InChI=1S/C13H24O7P2/c1-11(2)5-4-6-12(3)9-10-18-22(17,19-13-7-8-13)20-21(14,15)16/h5,9,13H,4,6-8,10H2,1-3H3,(H2,14,15,16). The van der Waals surface area contributed by atoms with Crippen molar-refractivity contribution < 1.29 is 32.3 Å². The topological polar surface area (TPSA) is 102 Å². The average molecular weight is 354 g/mol. The van der Waals surface area contributed by atoms with Gasteiger partial charge in [0.1, 0.15) is 0 Å². The molecule has 1 aliphatic carbocycles. The minimum Gasteiger partial charge on any atom is -0.302 e. The maximum atomic E-state index is 12.2. The average Bonchev–Trinajstić information content (AvgIpc) is 3.09. The minimum atomic E-state index is -4.95. The van der Waals surface area contributed by atoms with Gasteiger partial charge in [0.05, 0.1) is 12.7 Å². The van der Waals surface area contributed by atoms with Crippen LogP contribution in [0.4, 0.5) is 0 Å². The summed E-state index contributed by atoms with van der Waals surface area (Å²) >= 11 is 0. The summed E-state index contributed by atoms with van der Waals surface area (Å²) in [5.41, 5.74) is 2.26. The Labute approximate surface area is 131 Å². The van der Waals surface area contributed by atoms with Crippen LogP contribution in [0.3, 0.4) is 0 Å². The fourth-order valence-electron chi connectivity index (χ4n) is 1.52. The van der Waals surface area contributed by atoms with Crippen LogP contribution in [0.2, 0.25) is 0 Å². The van der Waals surface area contributed by atoms with Crippen molar-refractivity contribution in [3.63, 3.8) is 0 Å². The van der Waals surface area contributed by atoms with E-state index in [1.54, 1.807) is 6.08 Å². The number of phosphoric ester groups is 1. The van der Waals surface area contributed by atoms with Crippen molar-refractivity contribution in [1.29, 1.82) is 0 Å². The molecule has 128 valence electrons. The van der Waals surface area contributed by atoms with Crippen LogP contribution < -0.4 is 0 Å². The summed E-state index contributed by atoms with van der Waals surface area (Å²) < 4.78 is 37.2. The Kier molecular flexibility index (Phi) is 7.69. The van der Waals surface area contributed by atoms with Gasteiger partial charge in [-0.25, -0.2) is 9.13 Å². The summed E-state index contributed by atoms with van der Waals surface area (Å²) in [6, 6.07) is 0. The Morgan fingerprint density at radius 3 is 2.32 bits per heavy atom. The van der Waals surface area contributed by atoms with Crippen LogP contribution in [0.15, 0.2) is 23.3 Å². The Hall–Kier alpha value is -0.260. The highest BCUT2D eigenvalue weighted by atomic mass is 31.3. The van der Waals surface area contributed by atoms with Crippen LogP contribution in [0, 0.1) is 0 Å². The molecule has 2 N–H and O–H groups in total. The number of hydrogen-bond acceptors (Lipinski definition) is 5. The molecule has 0 spiro atoms. The second-order valence-corrected chi connectivity index (χ2v) is 8.49. The fourth-order valence-corrected chi connectivity index (χ4v) is 3.80. The fraction of sp³-hybridized carbons (Fsp3) is 0.692. The Morgan fingerprint density at radius 1 is 1.18 bits per heavy atom. The molecule has 1 unspecified atom stereocenters. The first-order valence-corrected chi connectivity index (χ1v) is 10.1. The van der Waals surface area contributed by atoms with Gasteiger partial charge in [0.15, 0.2) is 0 Å². The van der Waals surface area contributed by atoms with Crippen molar-refractivity contribution in [2.45, 2.75) is 52.6 Å². The van der Waals surface area contributed by atoms with Crippen molar-refractivity contribution in [3.8, 4) is 0 Å². The quantitative estimate of drug-likeness (QED) is 0.450. The molecule has 0 amide bonds. The molecule has 0 heterocycles. The smallest absolute Gasteiger partial charge is 0.302 e. The molecule has 1 rings (SSSR count). The van der Waals surface area contributed by atoms with E-state index in [1.807, 2.05) is 20.8 Å². The molecule has 7 nitrogen and oxygen atoms in total. The molecule has 0 aliphatic heterocycles. The van der Waals surface area contributed by atoms with Crippen LogP contribution in [0.1, 0.15) is 46.5 Å². The Balaban J connectivity index is 2.50. The van der Waals surface area contributed by atoms with Gasteiger partial charge >= 0.3 is 15.6 Å². The molecule has 0 bridgehead atoms. The Morgan fingerprint density at radius 2 is 1.82 bits per heavy atom. The maximum absolute atomic E-state index is 12.2. The molecule has 1 saturated carbocycles. The number of hydrogen-bond donors (Lipinski definition) is 2. The van der Waals surface area contributed by atoms with Crippen molar-refractivity contribution in [2.24, 2.45) is 0 Å². The van der Waals surface area contributed by atoms with Gasteiger partial charge in [-0.15, -0.1) is 0 Å². The van der Waals surface area contributed by atoms with Crippen molar-refractivity contribution in [3.05, 3.63) is 23.3 Å². The molecule has 1 atom stereocenters. The molecule has 9 heteroatoms. The maximum Gasteiger partial charge on any atom is 0.484 e. The van der Waals surface area contributed by atoms with Crippen molar-refractivity contribution in [2.75, 3.05) is 6.61 Å². The van der Waals surface area contributed by atoms with Gasteiger partial charge in [-0.05, 0) is 46.5 Å². The van der Waals surface area contributed by atoms with Gasteiger partial charge < -0.3 is 9.79 Å². The molecule has 0 aromatic carbocycles. The van der Waals surface area contributed by atoms with Gasteiger partial charge in [0, 0.05) is 0 Å². The van der Waals surface area contributed by atoms with Crippen LogP contribution >= 0.6 is 15.6 Å². The molecular formula is C13H24O7P2. The zero-order valence-corrected chi connectivity index (χ0v) is 14.9. The summed E-state index contributed by atoms with van der Waals surface area (Å²) in [5.74, 6) is 0. The number of phosphoric acid groups is 2. The summed E-state index contributed by atoms with van der Waals surface area (Å²) in [4.78, 5) is 17.6. The predicted octanol–water partition coefficient (Wildman–Crippen LogP) is 4.09. The molecule has 22 heavy (non-hydrogen) atoms. The van der Waals surface area contributed by atoms with Crippen LogP contribution in [0.25, 0.3) is 0 Å². The third kappa shape index (κ3) is 9.70. The highest BCUT2D eigenvalue weighted by molar-refractivity contribution is 7.61. The van der Waals surface area contributed by atoms with E-state index in [2.05, 4.69) is 10.4 Å².